The summed E-state index contributed by atoms with van der Waals surface area (Å²) in [5.74, 6) is 0.100. The molecule has 0 amide bonds. The van der Waals surface area contributed by atoms with E-state index < -0.39 is 4.92 Å². The molecule has 5 heteroatoms. The summed E-state index contributed by atoms with van der Waals surface area (Å²) in [4.78, 5) is 24.7. The van der Waals surface area contributed by atoms with E-state index in [2.05, 4.69) is 0 Å². The molecule has 4 nitrogen and oxygen atoms in total. The largest absolute Gasteiger partial charge is 0.293 e. The highest BCUT2D eigenvalue weighted by Crippen LogP contribution is 2.30. The molecular weight excluding hydrogens is 286 g/mol. The fraction of sp³-hybridized carbons (Fsp3) is 0.312. The molecule has 0 radical (unpaired) electrons. The van der Waals surface area contributed by atoms with Gasteiger partial charge in [-0.15, -0.1) is 11.3 Å². The van der Waals surface area contributed by atoms with Crippen molar-refractivity contribution < 1.29 is 9.72 Å². The number of nitro groups is 1. The van der Waals surface area contributed by atoms with Gasteiger partial charge in [0.2, 0.25) is 0 Å². The first-order valence-electron chi connectivity index (χ1n) is 7.01. The number of hydrogen-bond donors (Lipinski definition) is 0. The number of nitro benzene ring substituents is 1. The summed E-state index contributed by atoms with van der Waals surface area (Å²) in [6.07, 6.45) is 4.89. The van der Waals surface area contributed by atoms with Crippen LogP contribution in [0.1, 0.15) is 38.5 Å². The highest BCUT2D eigenvalue weighted by atomic mass is 32.1. The number of aryl methyl sites for hydroxylation is 2. The SMILES string of the molecule is O=C(Cc1ccc([N+](=O)[O-])cc1)c1cc2c(s1)CCCC2. The van der Waals surface area contributed by atoms with E-state index in [-0.39, 0.29) is 11.5 Å². The number of hydrogen-bond acceptors (Lipinski definition) is 4. The average molecular weight is 301 g/mol. The van der Waals surface area contributed by atoms with Crippen LogP contribution in [0.2, 0.25) is 0 Å². The van der Waals surface area contributed by atoms with Gasteiger partial charge in [-0.1, -0.05) is 12.1 Å². The first-order valence-corrected chi connectivity index (χ1v) is 7.83. The minimum absolute atomic E-state index is 0.0535. The van der Waals surface area contributed by atoms with Crippen LogP contribution in [0.4, 0.5) is 5.69 Å². The van der Waals surface area contributed by atoms with Crippen LogP contribution in [0.5, 0.6) is 0 Å². The summed E-state index contributed by atoms with van der Waals surface area (Å²) >= 11 is 1.61. The van der Waals surface area contributed by atoms with Gasteiger partial charge in [0.25, 0.3) is 5.69 Å². The third-order valence-corrected chi connectivity index (χ3v) is 5.06. The number of rotatable bonds is 4. The fourth-order valence-electron chi connectivity index (χ4n) is 2.64. The predicted molar refractivity (Wildman–Crippen MR) is 82.1 cm³/mol. The zero-order valence-electron chi connectivity index (χ0n) is 11.5. The summed E-state index contributed by atoms with van der Waals surface area (Å²) < 4.78 is 0. The highest BCUT2D eigenvalue weighted by Gasteiger charge is 2.17. The lowest BCUT2D eigenvalue weighted by Crippen LogP contribution is -2.01. The molecule has 1 aliphatic carbocycles. The van der Waals surface area contributed by atoms with E-state index in [0.29, 0.717) is 6.42 Å². The second-order valence-electron chi connectivity index (χ2n) is 5.29. The number of nitrogens with zero attached hydrogens (tertiary/aromatic N) is 1. The van der Waals surface area contributed by atoms with Crippen LogP contribution in [0.15, 0.2) is 30.3 Å². The van der Waals surface area contributed by atoms with Gasteiger partial charge in [-0.3, -0.25) is 14.9 Å². The lowest BCUT2D eigenvalue weighted by atomic mass is 9.98. The van der Waals surface area contributed by atoms with Crippen molar-refractivity contribution >= 4 is 22.8 Å². The Balaban J connectivity index is 1.73. The van der Waals surface area contributed by atoms with Crippen LogP contribution >= 0.6 is 11.3 Å². The number of fused-ring (bicyclic) bond motifs is 1. The summed E-state index contributed by atoms with van der Waals surface area (Å²) in [5, 5.41) is 10.6. The second kappa shape index (κ2) is 5.77. The Morgan fingerprint density at radius 2 is 1.90 bits per heavy atom. The van der Waals surface area contributed by atoms with Crippen LogP contribution in [-0.4, -0.2) is 10.7 Å². The number of carbonyl (C=O) groups excluding carboxylic acids is 1. The van der Waals surface area contributed by atoms with Gasteiger partial charge in [0.05, 0.1) is 9.80 Å². The van der Waals surface area contributed by atoms with E-state index in [9.17, 15) is 14.9 Å². The van der Waals surface area contributed by atoms with Crippen molar-refractivity contribution in [2.45, 2.75) is 32.1 Å². The number of non-ortho nitro benzene ring substituents is 1. The molecular formula is C16H15NO3S. The van der Waals surface area contributed by atoms with Crippen LogP contribution in [0.3, 0.4) is 0 Å². The maximum absolute atomic E-state index is 12.3. The molecule has 0 N–H and O–H groups in total. The van der Waals surface area contributed by atoms with Crippen LogP contribution < -0.4 is 0 Å². The molecule has 108 valence electrons. The van der Waals surface area contributed by atoms with Crippen molar-refractivity contribution in [2.24, 2.45) is 0 Å². The lowest BCUT2D eigenvalue weighted by molar-refractivity contribution is -0.384. The van der Waals surface area contributed by atoms with Gasteiger partial charge < -0.3 is 0 Å². The number of thiophene rings is 1. The summed E-state index contributed by atoms with van der Waals surface area (Å²) in [6.45, 7) is 0. The van der Waals surface area contributed by atoms with E-state index in [0.717, 1.165) is 23.3 Å². The zero-order chi connectivity index (χ0) is 14.8. The molecule has 1 aromatic carbocycles. The predicted octanol–water partition coefficient (Wildman–Crippen LogP) is 3.96. The van der Waals surface area contributed by atoms with Gasteiger partial charge in [0, 0.05) is 23.4 Å². The van der Waals surface area contributed by atoms with Crippen molar-refractivity contribution in [1.82, 2.24) is 0 Å². The lowest BCUT2D eigenvalue weighted by Gasteiger charge is -2.08. The van der Waals surface area contributed by atoms with E-state index in [1.165, 1.54) is 35.4 Å². The van der Waals surface area contributed by atoms with Gasteiger partial charge in [0.15, 0.2) is 5.78 Å². The Labute approximate surface area is 126 Å². The molecule has 0 atom stereocenters. The Bertz CT molecular complexity index is 665. The quantitative estimate of drug-likeness (QED) is 0.488. The Kier molecular flexibility index (Phi) is 3.84. The minimum atomic E-state index is -0.432. The van der Waals surface area contributed by atoms with Crippen molar-refractivity contribution in [3.63, 3.8) is 0 Å². The third kappa shape index (κ3) is 3.03. The van der Waals surface area contributed by atoms with Gasteiger partial charge >= 0.3 is 0 Å². The molecule has 1 aliphatic rings. The normalized spacial score (nSPS) is 13.7. The van der Waals surface area contributed by atoms with E-state index >= 15 is 0 Å². The summed E-state index contributed by atoms with van der Waals surface area (Å²) in [7, 11) is 0. The average Bonchev–Trinajstić information content (AvgIpc) is 2.92. The monoisotopic (exact) mass is 301 g/mol. The molecule has 0 saturated heterocycles. The van der Waals surface area contributed by atoms with E-state index in [1.54, 1.807) is 23.5 Å². The molecule has 0 saturated carbocycles. The number of ketones is 1. The van der Waals surface area contributed by atoms with E-state index in [4.69, 9.17) is 0 Å². The van der Waals surface area contributed by atoms with Crippen LogP contribution in [0.25, 0.3) is 0 Å². The number of Topliss-reactive ketones (excluding diaryl/α,β-unsaturated/α-hetero) is 1. The molecule has 3 rings (SSSR count). The van der Waals surface area contributed by atoms with Gasteiger partial charge in [-0.25, -0.2) is 0 Å². The zero-order valence-corrected chi connectivity index (χ0v) is 12.3. The van der Waals surface area contributed by atoms with Crippen molar-refractivity contribution in [3.05, 3.63) is 61.3 Å². The minimum Gasteiger partial charge on any atom is -0.293 e. The Morgan fingerprint density at radius 1 is 1.19 bits per heavy atom. The molecule has 0 fully saturated rings. The molecule has 1 aromatic heterocycles. The molecule has 0 spiro atoms. The maximum atomic E-state index is 12.3. The Morgan fingerprint density at radius 3 is 2.57 bits per heavy atom. The first kappa shape index (κ1) is 13.9. The number of carbonyl (C=O) groups is 1. The fourth-order valence-corrected chi connectivity index (χ4v) is 3.83. The third-order valence-electron chi connectivity index (χ3n) is 3.78. The van der Waals surface area contributed by atoms with Crippen LogP contribution in [-0.2, 0) is 19.3 Å². The topological polar surface area (TPSA) is 60.2 Å². The van der Waals surface area contributed by atoms with E-state index in [1.807, 2.05) is 6.07 Å². The summed E-state index contributed by atoms with van der Waals surface area (Å²) in [6, 6.07) is 8.24. The molecule has 2 aromatic rings. The molecule has 1 heterocycles. The van der Waals surface area contributed by atoms with Gasteiger partial charge in [0.1, 0.15) is 0 Å². The van der Waals surface area contributed by atoms with Crippen molar-refractivity contribution in [1.29, 1.82) is 0 Å². The first-order chi connectivity index (χ1) is 10.1. The van der Waals surface area contributed by atoms with Crippen molar-refractivity contribution in [2.75, 3.05) is 0 Å². The smallest absolute Gasteiger partial charge is 0.269 e. The maximum Gasteiger partial charge on any atom is 0.269 e. The second-order valence-corrected chi connectivity index (χ2v) is 6.43. The molecule has 21 heavy (non-hydrogen) atoms. The van der Waals surface area contributed by atoms with Gasteiger partial charge in [-0.05, 0) is 42.9 Å². The summed E-state index contributed by atoms with van der Waals surface area (Å²) in [5.41, 5.74) is 2.20. The Hall–Kier alpha value is -2.01. The highest BCUT2D eigenvalue weighted by molar-refractivity contribution is 7.14. The molecule has 0 unspecified atom stereocenters. The number of benzene rings is 1. The molecule has 0 bridgehead atoms. The van der Waals surface area contributed by atoms with Crippen molar-refractivity contribution in [3.8, 4) is 0 Å². The van der Waals surface area contributed by atoms with Gasteiger partial charge in [-0.2, -0.15) is 0 Å². The van der Waals surface area contributed by atoms with Crippen LogP contribution in [0, 0.1) is 10.1 Å². The standard InChI is InChI=1S/C16H15NO3S/c18-14(9-11-5-7-13(8-6-11)17(19)20)16-10-12-3-1-2-4-15(12)21-16/h5-8,10H,1-4,9H2. The molecule has 0 aliphatic heterocycles.